The third-order valence-corrected chi connectivity index (χ3v) is 6.75. The fourth-order valence-electron chi connectivity index (χ4n) is 3.97. The van der Waals surface area contributed by atoms with Crippen LogP contribution in [0.3, 0.4) is 0 Å². The van der Waals surface area contributed by atoms with Gasteiger partial charge < -0.3 is 9.64 Å². The van der Waals surface area contributed by atoms with Gasteiger partial charge in [-0.3, -0.25) is 18.7 Å². The van der Waals surface area contributed by atoms with Crippen molar-refractivity contribution in [2.45, 2.75) is 58.3 Å². The zero-order valence-corrected chi connectivity index (χ0v) is 16.9. The number of aromatic nitrogens is 2. The summed E-state index contributed by atoms with van der Waals surface area (Å²) in [6.07, 6.45) is 3.83. The molecule has 1 saturated heterocycles. The lowest BCUT2D eigenvalue weighted by Crippen LogP contribution is -2.43. The van der Waals surface area contributed by atoms with Crippen molar-refractivity contribution >= 4 is 27.5 Å². The number of piperidine rings is 1. The van der Waals surface area contributed by atoms with Crippen LogP contribution in [0.4, 0.5) is 0 Å². The molecule has 0 saturated carbocycles. The first-order valence-corrected chi connectivity index (χ1v) is 10.3. The van der Waals surface area contributed by atoms with Crippen LogP contribution in [0.5, 0.6) is 0 Å². The van der Waals surface area contributed by atoms with E-state index in [1.807, 2.05) is 18.7 Å². The van der Waals surface area contributed by atoms with Crippen molar-refractivity contribution in [2.75, 3.05) is 13.1 Å². The van der Waals surface area contributed by atoms with Crippen LogP contribution in [0, 0.1) is 0 Å². The first-order valence-electron chi connectivity index (χ1n) is 9.44. The van der Waals surface area contributed by atoms with E-state index in [9.17, 15) is 14.4 Å². The van der Waals surface area contributed by atoms with Crippen LogP contribution in [0.2, 0.25) is 0 Å². The van der Waals surface area contributed by atoms with Gasteiger partial charge in [-0.15, -0.1) is 11.3 Å². The SMILES string of the molecule is Cn1c(=O)c2sc3c(c2n(CC(=O)N2CCCCC2)c1=O)COC(C)(C)C3. The number of ether oxygens (including phenoxy) is 1. The fraction of sp³-hybridized carbons (Fsp3) is 0.632. The summed E-state index contributed by atoms with van der Waals surface area (Å²) in [7, 11) is 1.48. The molecule has 8 heteroatoms. The molecule has 146 valence electrons. The zero-order valence-electron chi connectivity index (χ0n) is 16.0. The zero-order chi connectivity index (χ0) is 19.3. The second kappa shape index (κ2) is 6.60. The molecule has 0 bridgehead atoms. The van der Waals surface area contributed by atoms with Gasteiger partial charge in [0.15, 0.2) is 0 Å². The summed E-state index contributed by atoms with van der Waals surface area (Å²) in [5.41, 5.74) is 0.435. The Hall–Kier alpha value is -1.93. The van der Waals surface area contributed by atoms with E-state index in [2.05, 4.69) is 0 Å². The molecule has 4 rings (SSSR count). The second-order valence-corrected chi connectivity index (χ2v) is 9.19. The van der Waals surface area contributed by atoms with Crippen LogP contribution >= 0.6 is 11.3 Å². The molecule has 2 aromatic rings. The van der Waals surface area contributed by atoms with E-state index in [0.717, 1.165) is 47.4 Å². The predicted molar refractivity (Wildman–Crippen MR) is 104 cm³/mol. The van der Waals surface area contributed by atoms with E-state index in [-0.39, 0.29) is 23.6 Å². The lowest BCUT2D eigenvalue weighted by Gasteiger charge is -2.30. The van der Waals surface area contributed by atoms with Crippen molar-refractivity contribution in [1.82, 2.24) is 14.0 Å². The third kappa shape index (κ3) is 3.14. The van der Waals surface area contributed by atoms with Gasteiger partial charge in [0.25, 0.3) is 5.56 Å². The number of amides is 1. The number of carbonyl (C=O) groups is 1. The van der Waals surface area contributed by atoms with Crippen molar-refractivity contribution in [3.8, 4) is 0 Å². The van der Waals surface area contributed by atoms with Crippen molar-refractivity contribution in [3.63, 3.8) is 0 Å². The van der Waals surface area contributed by atoms with E-state index in [4.69, 9.17) is 4.74 Å². The molecule has 0 unspecified atom stereocenters. The molecule has 4 heterocycles. The average Bonchev–Trinajstić information content (AvgIpc) is 3.01. The summed E-state index contributed by atoms with van der Waals surface area (Å²) < 4.78 is 9.06. The summed E-state index contributed by atoms with van der Waals surface area (Å²) in [4.78, 5) is 41.2. The highest BCUT2D eigenvalue weighted by Crippen LogP contribution is 2.37. The summed E-state index contributed by atoms with van der Waals surface area (Å²) in [6, 6.07) is 0. The van der Waals surface area contributed by atoms with Gasteiger partial charge in [0.05, 0.1) is 17.7 Å². The Morgan fingerprint density at radius 3 is 2.59 bits per heavy atom. The van der Waals surface area contributed by atoms with Gasteiger partial charge in [0, 0.05) is 37.0 Å². The Morgan fingerprint density at radius 2 is 1.89 bits per heavy atom. The number of hydrogen-bond donors (Lipinski definition) is 0. The predicted octanol–water partition coefficient (Wildman–Crippen LogP) is 1.63. The van der Waals surface area contributed by atoms with Crippen molar-refractivity contribution in [2.24, 2.45) is 7.05 Å². The summed E-state index contributed by atoms with van der Waals surface area (Å²) in [5.74, 6) is -0.0613. The van der Waals surface area contributed by atoms with Crippen LogP contribution < -0.4 is 11.2 Å². The molecule has 0 atom stereocenters. The van der Waals surface area contributed by atoms with Gasteiger partial charge in [0.2, 0.25) is 5.91 Å². The van der Waals surface area contributed by atoms with Gasteiger partial charge in [-0.05, 0) is 33.1 Å². The van der Waals surface area contributed by atoms with E-state index in [1.165, 1.54) is 23.0 Å². The van der Waals surface area contributed by atoms with Gasteiger partial charge in [-0.2, -0.15) is 0 Å². The Morgan fingerprint density at radius 1 is 1.19 bits per heavy atom. The highest BCUT2D eigenvalue weighted by Gasteiger charge is 2.32. The lowest BCUT2D eigenvalue weighted by atomic mass is 9.98. The number of rotatable bonds is 2. The standard InChI is InChI=1S/C19H25N3O4S/c1-19(2)9-13-12(11-26-19)15-16(27-13)17(24)20(3)18(25)22(15)10-14(23)21-7-5-4-6-8-21/h4-11H2,1-3H3. The molecule has 2 aliphatic rings. The Labute approximate surface area is 161 Å². The van der Waals surface area contributed by atoms with E-state index in [1.54, 1.807) is 0 Å². The fourth-order valence-corrected chi connectivity index (χ4v) is 5.47. The summed E-state index contributed by atoms with van der Waals surface area (Å²) in [6.45, 7) is 5.84. The molecular weight excluding hydrogens is 366 g/mol. The molecule has 1 fully saturated rings. The van der Waals surface area contributed by atoms with Crippen LogP contribution in [-0.4, -0.2) is 38.6 Å². The molecule has 27 heavy (non-hydrogen) atoms. The van der Waals surface area contributed by atoms with Crippen molar-refractivity contribution in [3.05, 3.63) is 31.3 Å². The van der Waals surface area contributed by atoms with Crippen LogP contribution in [0.1, 0.15) is 43.6 Å². The minimum atomic E-state index is -0.441. The number of hydrogen-bond acceptors (Lipinski definition) is 5. The lowest BCUT2D eigenvalue weighted by molar-refractivity contribution is -0.132. The maximum absolute atomic E-state index is 12.9. The van der Waals surface area contributed by atoms with Crippen molar-refractivity contribution in [1.29, 1.82) is 0 Å². The smallest absolute Gasteiger partial charge is 0.331 e. The first-order chi connectivity index (χ1) is 12.8. The molecule has 7 nitrogen and oxygen atoms in total. The number of nitrogens with zero attached hydrogens (tertiary/aromatic N) is 3. The van der Waals surface area contributed by atoms with E-state index >= 15 is 0 Å². The molecule has 0 aliphatic carbocycles. The summed E-state index contributed by atoms with van der Waals surface area (Å²) in [5, 5.41) is 0. The van der Waals surface area contributed by atoms with Crippen LogP contribution in [-0.2, 0) is 36.2 Å². The molecular formula is C19H25N3O4S. The quantitative estimate of drug-likeness (QED) is 0.780. The number of fused-ring (bicyclic) bond motifs is 3. The number of thiophene rings is 1. The number of carbonyl (C=O) groups excluding carboxylic acids is 1. The average molecular weight is 391 g/mol. The second-order valence-electron chi connectivity index (χ2n) is 8.08. The first kappa shape index (κ1) is 18.4. The largest absolute Gasteiger partial charge is 0.370 e. The molecule has 2 aliphatic heterocycles. The molecule has 0 N–H and O–H groups in total. The highest BCUT2D eigenvalue weighted by atomic mass is 32.1. The van der Waals surface area contributed by atoms with Gasteiger partial charge in [-0.25, -0.2) is 4.79 Å². The van der Waals surface area contributed by atoms with E-state index < -0.39 is 5.69 Å². The maximum atomic E-state index is 12.9. The summed E-state index contributed by atoms with van der Waals surface area (Å²) >= 11 is 1.43. The minimum absolute atomic E-state index is 0.0317. The van der Waals surface area contributed by atoms with Gasteiger partial charge in [-0.1, -0.05) is 0 Å². The normalized spacial score (nSPS) is 19.3. The molecule has 2 aromatic heterocycles. The van der Waals surface area contributed by atoms with Gasteiger partial charge in [0.1, 0.15) is 11.2 Å². The Balaban J connectivity index is 1.84. The topological polar surface area (TPSA) is 73.5 Å². The Bertz CT molecular complexity index is 1020. The highest BCUT2D eigenvalue weighted by molar-refractivity contribution is 7.19. The van der Waals surface area contributed by atoms with Crippen LogP contribution in [0.25, 0.3) is 10.2 Å². The Kier molecular flexibility index (Phi) is 4.50. The van der Waals surface area contributed by atoms with E-state index in [0.29, 0.717) is 23.2 Å². The van der Waals surface area contributed by atoms with Gasteiger partial charge >= 0.3 is 5.69 Å². The maximum Gasteiger partial charge on any atom is 0.331 e. The van der Waals surface area contributed by atoms with Crippen LogP contribution in [0.15, 0.2) is 9.59 Å². The molecule has 0 spiro atoms. The molecule has 0 radical (unpaired) electrons. The monoisotopic (exact) mass is 391 g/mol. The number of likely N-dealkylation sites (tertiary alicyclic amines) is 1. The minimum Gasteiger partial charge on any atom is -0.370 e. The molecule has 1 amide bonds. The van der Waals surface area contributed by atoms with Crippen molar-refractivity contribution < 1.29 is 9.53 Å². The third-order valence-electron chi connectivity index (χ3n) is 5.55. The molecule has 0 aromatic carbocycles.